The zero-order valence-corrected chi connectivity index (χ0v) is 20.5. The van der Waals surface area contributed by atoms with E-state index in [9.17, 15) is 9.59 Å². The summed E-state index contributed by atoms with van der Waals surface area (Å²) in [5.74, 6) is 0.210. The number of nitrogens with one attached hydrogen (secondary N) is 2. The number of imidazole rings is 1. The van der Waals surface area contributed by atoms with Gasteiger partial charge in [0.1, 0.15) is 11.9 Å². The van der Waals surface area contributed by atoms with Crippen molar-refractivity contribution in [3.05, 3.63) is 59.7 Å². The molecule has 2 aromatic heterocycles. The highest BCUT2D eigenvalue weighted by Crippen LogP contribution is 2.28. The van der Waals surface area contributed by atoms with E-state index in [-0.39, 0.29) is 11.8 Å². The van der Waals surface area contributed by atoms with Gasteiger partial charge in [-0.05, 0) is 5.41 Å². The molecule has 0 aliphatic carbocycles. The lowest BCUT2D eigenvalue weighted by molar-refractivity contribution is -0.124. The first-order chi connectivity index (χ1) is 16.2. The average Bonchev–Trinajstić information content (AvgIpc) is 3.39. The highest BCUT2D eigenvalue weighted by molar-refractivity contribution is 5.97. The number of likely N-dealkylation sites (N-methyl/N-ethyl adjacent to an activating group) is 1. The number of carbonyl (C=O) groups is 2. The molecule has 0 unspecified atom stereocenters. The Labute approximate surface area is 200 Å². The first-order valence-electron chi connectivity index (χ1n) is 11.5. The first kappa shape index (κ1) is 23.7. The van der Waals surface area contributed by atoms with Crippen molar-refractivity contribution in [1.82, 2.24) is 34.9 Å². The van der Waals surface area contributed by atoms with Crippen LogP contribution < -0.4 is 10.6 Å². The smallest absolute Gasteiger partial charge is 0.272 e. The average molecular weight is 464 g/mol. The maximum Gasteiger partial charge on any atom is 0.272 e. The van der Waals surface area contributed by atoms with Gasteiger partial charge in [-0.2, -0.15) is 5.10 Å². The molecule has 0 radical (unpaired) electrons. The van der Waals surface area contributed by atoms with E-state index in [0.717, 1.165) is 42.3 Å². The van der Waals surface area contributed by atoms with Gasteiger partial charge in [-0.3, -0.25) is 19.2 Å². The largest absolute Gasteiger partial charge is 0.357 e. The van der Waals surface area contributed by atoms with Crippen LogP contribution in [-0.4, -0.2) is 55.7 Å². The minimum atomic E-state index is -0.683. The Morgan fingerprint density at radius 2 is 1.88 bits per heavy atom. The molecule has 0 saturated heterocycles. The van der Waals surface area contributed by atoms with Crippen LogP contribution in [-0.2, 0) is 31.5 Å². The first-order valence-corrected chi connectivity index (χ1v) is 11.5. The molecule has 1 atom stereocenters. The van der Waals surface area contributed by atoms with Crippen LogP contribution in [0, 0.1) is 5.41 Å². The molecular weight excluding hydrogens is 430 g/mol. The molecule has 0 bridgehead atoms. The third-order valence-electron chi connectivity index (χ3n) is 6.15. The number of carbonyl (C=O) groups excluding carboxylic acids is 2. The molecule has 0 saturated carbocycles. The summed E-state index contributed by atoms with van der Waals surface area (Å²) in [6.07, 6.45) is 3.87. The summed E-state index contributed by atoms with van der Waals surface area (Å²) in [7, 11) is 3.48. The molecular formula is C25H33N7O2. The summed E-state index contributed by atoms with van der Waals surface area (Å²) in [5.41, 5.74) is 2.85. The third kappa shape index (κ3) is 4.89. The van der Waals surface area contributed by atoms with Crippen LogP contribution in [0.15, 0.2) is 42.7 Å². The van der Waals surface area contributed by atoms with Crippen LogP contribution in [0.2, 0.25) is 0 Å². The molecule has 4 rings (SSSR count). The second kappa shape index (κ2) is 9.42. The predicted molar refractivity (Wildman–Crippen MR) is 130 cm³/mol. The number of benzene rings is 1. The topological polar surface area (TPSA) is 97.1 Å². The lowest BCUT2D eigenvalue weighted by atomic mass is 9.86. The molecule has 0 spiro atoms. The maximum absolute atomic E-state index is 13.5. The Balaban J connectivity index is 1.68. The summed E-state index contributed by atoms with van der Waals surface area (Å²) in [6, 6.07) is 9.22. The van der Waals surface area contributed by atoms with Gasteiger partial charge in [-0.25, -0.2) is 4.98 Å². The van der Waals surface area contributed by atoms with Crippen molar-refractivity contribution in [3.63, 3.8) is 0 Å². The molecule has 3 aromatic rings. The van der Waals surface area contributed by atoms with Gasteiger partial charge < -0.3 is 15.2 Å². The molecule has 180 valence electrons. The number of hydrogen-bond acceptors (Lipinski definition) is 5. The fourth-order valence-corrected chi connectivity index (χ4v) is 4.38. The summed E-state index contributed by atoms with van der Waals surface area (Å²) in [6.45, 7) is 8.67. The Morgan fingerprint density at radius 3 is 2.50 bits per heavy atom. The number of nitrogens with zero attached hydrogens (tertiary/aromatic N) is 5. The summed E-state index contributed by atoms with van der Waals surface area (Å²) in [4.78, 5) is 33.1. The van der Waals surface area contributed by atoms with E-state index in [1.54, 1.807) is 11.7 Å². The van der Waals surface area contributed by atoms with Crippen molar-refractivity contribution in [3.8, 4) is 11.4 Å². The molecule has 2 N–H and O–H groups in total. The second-order valence-electron chi connectivity index (χ2n) is 9.87. The molecule has 1 aliphatic heterocycles. The second-order valence-corrected chi connectivity index (χ2v) is 9.87. The molecule has 1 aromatic carbocycles. The van der Waals surface area contributed by atoms with Crippen molar-refractivity contribution < 1.29 is 9.59 Å². The van der Waals surface area contributed by atoms with Crippen molar-refractivity contribution in [2.45, 2.75) is 46.4 Å². The van der Waals surface area contributed by atoms with Gasteiger partial charge in [0.05, 0.1) is 11.9 Å². The van der Waals surface area contributed by atoms with Crippen LogP contribution in [0.25, 0.3) is 11.4 Å². The van der Waals surface area contributed by atoms with Crippen molar-refractivity contribution >= 4 is 11.8 Å². The molecule has 3 heterocycles. The van der Waals surface area contributed by atoms with Gasteiger partial charge in [0.25, 0.3) is 5.91 Å². The molecule has 9 nitrogen and oxygen atoms in total. The molecule has 34 heavy (non-hydrogen) atoms. The normalized spacial score (nSPS) is 15.0. The molecule has 0 fully saturated rings. The van der Waals surface area contributed by atoms with Crippen LogP contribution in [0.4, 0.5) is 0 Å². The van der Waals surface area contributed by atoms with Gasteiger partial charge in [-0.15, -0.1) is 0 Å². The minimum absolute atomic E-state index is 0.226. The Kier molecular flexibility index (Phi) is 6.56. The van der Waals surface area contributed by atoms with Gasteiger partial charge in [0.15, 0.2) is 5.69 Å². The summed E-state index contributed by atoms with van der Waals surface area (Å²) < 4.78 is 3.93. The van der Waals surface area contributed by atoms with E-state index in [1.807, 2.05) is 70.5 Å². The van der Waals surface area contributed by atoms with Gasteiger partial charge in [-0.1, -0.05) is 51.1 Å². The Bertz CT molecular complexity index is 1170. The van der Waals surface area contributed by atoms with Gasteiger partial charge >= 0.3 is 0 Å². The minimum Gasteiger partial charge on any atom is -0.357 e. The maximum atomic E-state index is 13.5. The zero-order valence-electron chi connectivity index (χ0n) is 20.5. The van der Waals surface area contributed by atoms with Gasteiger partial charge in [0.2, 0.25) is 5.91 Å². The number of aryl methyl sites for hydroxylation is 1. The monoisotopic (exact) mass is 463 g/mol. The van der Waals surface area contributed by atoms with Crippen LogP contribution >= 0.6 is 0 Å². The van der Waals surface area contributed by atoms with E-state index in [4.69, 9.17) is 4.98 Å². The highest BCUT2D eigenvalue weighted by Gasteiger charge is 2.35. The van der Waals surface area contributed by atoms with Crippen LogP contribution in [0.5, 0.6) is 0 Å². The van der Waals surface area contributed by atoms with Crippen LogP contribution in [0.1, 0.15) is 42.5 Å². The van der Waals surface area contributed by atoms with E-state index in [2.05, 4.69) is 25.2 Å². The van der Waals surface area contributed by atoms with E-state index in [1.165, 1.54) is 0 Å². The predicted octanol–water partition coefficient (Wildman–Crippen LogP) is 2.19. The lowest BCUT2D eigenvalue weighted by Gasteiger charge is -2.31. The highest BCUT2D eigenvalue weighted by atomic mass is 16.2. The molecule has 9 heteroatoms. The van der Waals surface area contributed by atoms with Gasteiger partial charge in [0, 0.05) is 57.6 Å². The Morgan fingerprint density at radius 1 is 1.15 bits per heavy atom. The summed E-state index contributed by atoms with van der Waals surface area (Å²) in [5, 5.41) is 9.88. The number of hydrogen-bond donors (Lipinski definition) is 2. The standard InChI is InChI=1S/C25H33N7O2/c1-25(2,3)21(24(34)26-4)29-23(33)20-19-16-31(15-17-13-27-30(5)14-17)11-12-32(19)22(28-20)18-9-7-6-8-10-18/h6-10,13-14,21H,11-12,15-16H2,1-5H3,(H,26,34)(H,29,33)/t21-/m1/s1. The van der Waals surface area contributed by atoms with E-state index < -0.39 is 11.5 Å². The number of rotatable bonds is 6. The van der Waals surface area contributed by atoms with E-state index >= 15 is 0 Å². The quantitative estimate of drug-likeness (QED) is 0.584. The van der Waals surface area contributed by atoms with Crippen molar-refractivity contribution in [2.75, 3.05) is 13.6 Å². The SMILES string of the molecule is CNC(=O)[C@@H](NC(=O)c1nc(-c2ccccc2)n2c1CN(Cc1cnn(C)c1)CC2)C(C)(C)C. The Hall–Kier alpha value is -3.46. The third-order valence-corrected chi connectivity index (χ3v) is 6.15. The number of fused-ring (bicyclic) bond motifs is 1. The number of aromatic nitrogens is 4. The van der Waals surface area contributed by atoms with E-state index in [0.29, 0.717) is 12.2 Å². The lowest BCUT2D eigenvalue weighted by Crippen LogP contribution is -2.53. The summed E-state index contributed by atoms with van der Waals surface area (Å²) >= 11 is 0. The van der Waals surface area contributed by atoms with Crippen molar-refractivity contribution in [1.29, 1.82) is 0 Å². The molecule has 2 amide bonds. The molecule has 1 aliphatic rings. The fraction of sp³-hybridized carbons (Fsp3) is 0.440. The van der Waals surface area contributed by atoms with Crippen molar-refractivity contribution in [2.24, 2.45) is 12.5 Å². The van der Waals surface area contributed by atoms with Crippen LogP contribution in [0.3, 0.4) is 0 Å². The fourth-order valence-electron chi connectivity index (χ4n) is 4.38. The number of amides is 2. The zero-order chi connectivity index (χ0) is 24.5.